The van der Waals surface area contributed by atoms with Gasteiger partial charge in [0, 0.05) is 17.5 Å². The van der Waals surface area contributed by atoms with E-state index in [1.807, 2.05) is 43.3 Å². The van der Waals surface area contributed by atoms with Crippen LogP contribution >= 0.6 is 0 Å². The zero-order chi connectivity index (χ0) is 15.5. The molecule has 0 spiro atoms. The highest BCUT2D eigenvalue weighted by atomic mass is 16.3. The minimum atomic E-state index is -0.112. The van der Waals surface area contributed by atoms with Gasteiger partial charge in [-0.25, -0.2) is 0 Å². The summed E-state index contributed by atoms with van der Waals surface area (Å²) >= 11 is 0. The number of hydrogen-bond acceptors (Lipinski definition) is 2. The van der Waals surface area contributed by atoms with Crippen molar-refractivity contribution in [2.24, 2.45) is 0 Å². The highest BCUT2D eigenvalue weighted by molar-refractivity contribution is 5.43. The Morgan fingerprint density at radius 1 is 0.818 bits per heavy atom. The summed E-state index contributed by atoms with van der Waals surface area (Å²) in [6.45, 7) is 3.67. The standard InChI is InChI=1S/C20H18O2/c1-14-13-18(21)19(15(2)22-14)20(16-9-5-3-6-10-16)17-11-7-4-8-12-17/h3-13,20H,1-2H3. The van der Waals surface area contributed by atoms with E-state index in [9.17, 15) is 4.79 Å². The number of rotatable bonds is 3. The van der Waals surface area contributed by atoms with Gasteiger partial charge >= 0.3 is 0 Å². The van der Waals surface area contributed by atoms with E-state index in [0.717, 1.165) is 11.1 Å². The molecule has 0 aliphatic heterocycles. The highest BCUT2D eigenvalue weighted by Gasteiger charge is 2.22. The minimum Gasteiger partial charge on any atom is -0.466 e. The van der Waals surface area contributed by atoms with Gasteiger partial charge in [0.05, 0.1) is 0 Å². The maximum absolute atomic E-state index is 12.6. The third kappa shape index (κ3) is 2.73. The molecule has 0 bridgehead atoms. The van der Waals surface area contributed by atoms with Gasteiger partial charge in [0.25, 0.3) is 0 Å². The van der Waals surface area contributed by atoms with E-state index in [1.54, 1.807) is 13.0 Å². The molecule has 0 aliphatic rings. The first-order valence-corrected chi connectivity index (χ1v) is 7.38. The van der Waals surface area contributed by atoms with Gasteiger partial charge < -0.3 is 4.42 Å². The van der Waals surface area contributed by atoms with Crippen LogP contribution in [-0.2, 0) is 0 Å². The quantitative estimate of drug-likeness (QED) is 0.714. The van der Waals surface area contributed by atoms with Gasteiger partial charge in [0.2, 0.25) is 0 Å². The molecule has 3 aromatic rings. The monoisotopic (exact) mass is 290 g/mol. The molecule has 0 unspecified atom stereocenters. The van der Waals surface area contributed by atoms with Crippen LogP contribution in [0.1, 0.15) is 34.1 Å². The van der Waals surface area contributed by atoms with Crippen LogP contribution in [-0.4, -0.2) is 0 Å². The van der Waals surface area contributed by atoms with E-state index >= 15 is 0 Å². The summed E-state index contributed by atoms with van der Waals surface area (Å²) < 4.78 is 5.71. The van der Waals surface area contributed by atoms with Crippen molar-refractivity contribution >= 4 is 0 Å². The van der Waals surface area contributed by atoms with Crippen LogP contribution in [0.3, 0.4) is 0 Å². The molecule has 3 rings (SSSR count). The van der Waals surface area contributed by atoms with Crippen LogP contribution in [0.2, 0.25) is 0 Å². The van der Waals surface area contributed by atoms with E-state index in [-0.39, 0.29) is 11.3 Å². The lowest BCUT2D eigenvalue weighted by Gasteiger charge is -2.19. The Hall–Kier alpha value is -2.61. The molecule has 0 amide bonds. The molecule has 0 N–H and O–H groups in total. The van der Waals surface area contributed by atoms with Crippen LogP contribution in [0.5, 0.6) is 0 Å². The minimum absolute atomic E-state index is 0.0268. The lowest BCUT2D eigenvalue weighted by Crippen LogP contribution is -2.17. The Morgan fingerprint density at radius 2 is 1.32 bits per heavy atom. The molecule has 1 heterocycles. The molecule has 2 aromatic carbocycles. The molecule has 1 aromatic heterocycles. The van der Waals surface area contributed by atoms with Crippen molar-refractivity contribution in [1.29, 1.82) is 0 Å². The predicted octanol–water partition coefficient (Wildman–Crippen LogP) is 4.44. The Morgan fingerprint density at radius 3 is 1.77 bits per heavy atom. The maximum atomic E-state index is 12.6. The van der Waals surface area contributed by atoms with Crippen LogP contribution < -0.4 is 5.43 Å². The van der Waals surface area contributed by atoms with Crippen molar-refractivity contribution in [2.45, 2.75) is 19.8 Å². The second-order valence-corrected chi connectivity index (χ2v) is 5.45. The SMILES string of the molecule is Cc1cc(=O)c(C(c2ccccc2)c2ccccc2)c(C)o1. The summed E-state index contributed by atoms with van der Waals surface area (Å²) in [4.78, 5) is 12.6. The van der Waals surface area contributed by atoms with Gasteiger partial charge in [-0.2, -0.15) is 0 Å². The Labute approximate surface area is 130 Å². The molecule has 0 atom stereocenters. The Bertz CT molecular complexity index is 778. The van der Waals surface area contributed by atoms with E-state index in [4.69, 9.17) is 4.42 Å². The molecule has 2 heteroatoms. The predicted molar refractivity (Wildman–Crippen MR) is 88.3 cm³/mol. The molecule has 0 saturated carbocycles. The van der Waals surface area contributed by atoms with Gasteiger partial charge in [-0.15, -0.1) is 0 Å². The number of benzene rings is 2. The van der Waals surface area contributed by atoms with Crippen molar-refractivity contribution < 1.29 is 4.42 Å². The van der Waals surface area contributed by atoms with Gasteiger partial charge in [0.1, 0.15) is 11.5 Å². The van der Waals surface area contributed by atoms with E-state index in [2.05, 4.69) is 24.3 Å². The topological polar surface area (TPSA) is 30.2 Å². The van der Waals surface area contributed by atoms with Crippen molar-refractivity contribution in [3.63, 3.8) is 0 Å². The lowest BCUT2D eigenvalue weighted by molar-refractivity contribution is 0.475. The largest absolute Gasteiger partial charge is 0.466 e. The van der Waals surface area contributed by atoms with Gasteiger partial charge in [-0.1, -0.05) is 60.7 Å². The number of hydrogen-bond donors (Lipinski definition) is 0. The van der Waals surface area contributed by atoms with Gasteiger partial charge in [-0.3, -0.25) is 4.79 Å². The molecule has 0 fully saturated rings. The van der Waals surface area contributed by atoms with Crippen molar-refractivity contribution in [3.05, 3.63) is 105 Å². The van der Waals surface area contributed by atoms with Crippen molar-refractivity contribution in [2.75, 3.05) is 0 Å². The molecule has 110 valence electrons. The third-order valence-corrected chi connectivity index (χ3v) is 3.85. The smallest absolute Gasteiger partial charge is 0.189 e. The first kappa shape index (κ1) is 14.3. The summed E-state index contributed by atoms with van der Waals surface area (Å²) in [5, 5.41) is 0. The summed E-state index contributed by atoms with van der Waals surface area (Å²) in [7, 11) is 0. The molecular weight excluding hydrogens is 272 g/mol. The van der Waals surface area contributed by atoms with E-state index < -0.39 is 0 Å². The van der Waals surface area contributed by atoms with E-state index in [0.29, 0.717) is 17.1 Å². The third-order valence-electron chi connectivity index (χ3n) is 3.85. The van der Waals surface area contributed by atoms with Gasteiger partial charge in [-0.05, 0) is 25.0 Å². The van der Waals surface area contributed by atoms with Gasteiger partial charge in [0.15, 0.2) is 5.43 Å². The highest BCUT2D eigenvalue weighted by Crippen LogP contribution is 2.31. The summed E-state index contributed by atoms with van der Waals surface area (Å²) in [5.74, 6) is 1.22. The number of aryl methyl sites for hydroxylation is 2. The van der Waals surface area contributed by atoms with Crippen LogP contribution in [0.15, 0.2) is 75.9 Å². The molecule has 2 nitrogen and oxygen atoms in total. The average Bonchev–Trinajstić information content (AvgIpc) is 2.52. The summed E-state index contributed by atoms with van der Waals surface area (Å²) in [6, 6.07) is 21.7. The zero-order valence-corrected chi connectivity index (χ0v) is 12.7. The average molecular weight is 290 g/mol. The van der Waals surface area contributed by atoms with Crippen LogP contribution in [0, 0.1) is 13.8 Å². The van der Waals surface area contributed by atoms with Crippen LogP contribution in [0.25, 0.3) is 0 Å². The molecule has 0 radical (unpaired) electrons. The molecule has 0 saturated heterocycles. The van der Waals surface area contributed by atoms with Crippen LogP contribution in [0.4, 0.5) is 0 Å². The first-order chi connectivity index (χ1) is 10.7. The molecule has 0 aliphatic carbocycles. The molecular formula is C20H18O2. The lowest BCUT2D eigenvalue weighted by atomic mass is 9.84. The summed E-state index contributed by atoms with van der Waals surface area (Å²) in [6.07, 6.45) is 0. The normalized spacial score (nSPS) is 10.9. The maximum Gasteiger partial charge on any atom is 0.189 e. The second kappa shape index (κ2) is 6.02. The first-order valence-electron chi connectivity index (χ1n) is 7.38. The fourth-order valence-corrected chi connectivity index (χ4v) is 2.92. The second-order valence-electron chi connectivity index (χ2n) is 5.45. The summed E-state index contributed by atoms with van der Waals surface area (Å²) in [5.41, 5.74) is 2.92. The van der Waals surface area contributed by atoms with Crippen molar-refractivity contribution in [1.82, 2.24) is 0 Å². The van der Waals surface area contributed by atoms with Crippen molar-refractivity contribution in [3.8, 4) is 0 Å². The van der Waals surface area contributed by atoms with E-state index in [1.165, 1.54) is 0 Å². The fraction of sp³-hybridized carbons (Fsp3) is 0.150. The Balaban J connectivity index is 2.26. The molecule has 22 heavy (non-hydrogen) atoms. The Kier molecular flexibility index (Phi) is 3.92. The zero-order valence-electron chi connectivity index (χ0n) is 12.7. The fourth-order valence-electron chi connectivity index (χ4n) is 2.92.